The molecule has 4 rings (SSSR count). The van der Waals surface area contributed by atoms with E-state index < -0.39 is 17.7 Å². The molecule has 0 radical (unpaired) electrons. The van der Waals surface area contributed by atoms with Crippen LogP contribution in [0.25, 0.3) is 10.9 Å². The second kappa shape index (κ2) is 7.98. The fourth-order valence-electron chi connectivity index (χ4n) is 3.96. The fourth-order valence-corrected chi connectivity index (χ4v) is 3.96. The van der Waals surface area contributed by atoms with E-state index in [-0.39, 0.29) is 17.3 Å². The highest BCUT2D eigenvalue weighted by Crippen LogP contribution is 2.34. The number of carbonyl (C=O) groups is 3. The lowest BCUT2D eigenvalue weighted by Crippen LogP contribution is -2.46. The number of aromatic amines is 1. The molecule has 3 amide bonds. The van der Waals surface area contributed by atoms with E-state index in [0.717, 1.165) is 29.3 Å². The lowest BCUT2D eigenvalue weighted by molar-refractivity contribution is -0.146. The van der Waals surface area contributed by atoms with Crippen molar-refractivity contribution >= 4 is 34.3 Å². The number of nitrogens with zero attached hydrogens (tertiary/aromatic N) is 2. The van der Waals surface area contributed by atoms with E-state index >= 15 is 0 Å². The van der Waals surface area contributed by atoms with Crippen LogP contribution in [0.2, 0.25) is 0 Å². The molecule has 1 aromatic carbocycles. The number of likely N-dealkylation sites (tertiary alicyclic amines) is 1. The Morgan fingerprint density at radius 3 is 2.80 bits per heavy atom. The van der Waals surface area contributed by atoms with Gasteiger partial charge in [0.15, 0.2) is 0 Å². The second-order valence-electron chi connectivity index (χ2n) is 7.76. The van der Waals surface area contributed by atoms with Gasteiger partial charge >= 0.3 is 11.8 Å². The van der Waals surface area contributed by atoms with Gasteiger partial charge in [0.05, 0.1) is 23.5 Å². The van der Waals surface area contributed by atoms with Gasteiger partial charge in [0.2, 0.25) is 5.91 Å². The Balaban J connectivity index is 1.56. The number of anilines is 1. The van der Waals surface area contributed by atoms with E-state index in [2.05, 4.69) is 28.3 Å². The average molecular weight is 405 g/mol. The molecule has 3 aromatic rings. The van der Waals surface area contributed by atoms with Gasteiger partial charge in [0, 0.05) is 24.5 Å². The van der Waals surface area contributed by atoms with Gasteiger partial charge in [-0.15, -0.1) is 0 Å². The summed E-state index contributed by atoms with van der Waals surface area (Å²) in [7, 11) is 0. The zero-order chi connectivity index (χ0) is 21.3. The lowest BCUT2D eigenvalue weighted by Gasteiger charge is -2.38. The third-order valence-electron chi connectivity index (χ3n) is 5.52. The molecule has 1 fully saturated rings. The molecule has 0 aliphatic carbocycles. The molecule has 2 atom stereocenters. The summed E-state index contributed by atoms with van der Waals surface area (Å²) in [5.41, 5.74) is 7.69. The maximum Gasteiger partial charge on any atom is 0.313 e. The number of aromatic nitrogens is 2. The van der Waals surface area contributed by atoms with Gasteiger partial charge in [-0.25, -0.2) is 0 Å². The van der Waals surface area contributed by atoms with Crippen molar-refractivity contribution in [1.82, 2.24) is 14.9 Å². The van der Waals surface area contributed by atoms with Crippen molar-refractivity contribution in [3.05, 3.63) is 60.0 Å². The van der Waals surface area contributed by atoms with Crippen LogP contribution < -0.4 is 11.1 Å². The van der Waals surface area contributed by atoms with Gasteiger partial charge in [0.25, 0.3) is 0 Å². The number of amides is 3. The monoisotopic (exact) mass is 405 g/mol. The number of nitrogens with two attached hydrogens (primary N) is 1. The first-order valence-electron chi connectivity index (χ1n) is 9.86. The van der Waals surface area contributed by atoms with Gasteiger partial charge in [-0.1, -0.05) is 13.0 Å². The SMILES string of the molecule is CC1CCC(c2ccc3[nH]ccc3c2)N(C(=O)C(=O)Nc2cncc(C(N)=O)c2)C1. The summed E-state index contributed by atoms with van der Waals surface area (Å²) in [6.07, 6.45) is 6.32. The summed E-state index contributed by atoms with van der Waals surface area (Å²) >= 11 is 0. The van der Waals surface area contributed by atoms with Crippen molar-refractivity contribution in [2.45, 2.75) is 25.8 Å². The van der Waals surface area contributed by atoms with Crippen LogP contribution in [-0.2, 0) is 9.59 Å². The number of fused-ring (bicyclic) bond motifs is 1. The van der Waals surface area contributed by atoms with E-state index in [9.17, 15) is 14.4 Å². The van der Waals surface area contributed by atoms with E-state index in [1.807, 2.05) is 24.4 Å². The van der Waals surface area contributed by atoms with E-state index in [1.165, 1.54) is 18.5 Å². The van der Waals surface area contributed by atoms with E-state index in [1.54, 1.807) is 4.90 Å². The van der Waals surface area contributed by atoms with Crippen molar-refractivity contribution in [2.24, 2.45) is 11.7 Å². The maximum atomic E-state index is 13.1. The van der Waals surface area contributed by atoms with Gasteiger partial charge < -0.3 is 20.9 Å². The van der Waals surface area contributed by atoms with Gasteiger partial charge in [0.1, 0.15) is 0 Å². The van der Waals surface area contributed by atoms with Crippen LogP contribution in [0.3, 0.4) is 0 Å². The number of pyridine rings is 1. The summed E-state index contributed by atoms with van der Waals surface area (Å²) in [6.45, 7) is 2.58. The van der Waals surface area contributed by atoms with Crippen LogP contribution >= 0.6 is 0 Å². The van der Waals surface area contributed by atoms with Crippen molar-refractivity contribution < 1.29 is 14.4 Å². The minimum Gasteiger partial charge on any atom is -0.366 e. The Hall–Kier alpha value is -3.68. The van der Waals surface area contributed by atoms with E-state index in [0.29, 0.717) is 12.5 Å². The topological polar surface area (TPSA) is 121 Å². The Morgan fingerprint density at radius 2 is 2.00 bits per heavy atom. The number of nitrogens with one attached hydrogen (secondary N) is 2. The third-order valence-corrected chi connectivity index (χ3v) is 5.52. The van der Waals surface area contributed by atoms with Crippen molar-refractivity contribution in [2.75, 3.05) is 11.9 Å². The van der Waals surface area contributed by atoms with Crippen LogP contribution in [0.4, 0.5) is 5.69 Å². The molecule has 1 aliphatic heterocycles. The molecule has 8 nitrogen and oxygen atoms in total. The summed E-state index contributed by atoms with van der Waals surface area (Å²) < 4.78 is 0. The first-order chi connectivity index (χ1) is 14.4. The zero-order valence-corrected chi connectivity index (χ0v) is 16.6. The Labute approximate surface area is 173 Å². The molecule has 0 saturated carbocycles. The Bertz CT molecular complexity index is 1120. The lowest BCUT2D eigenvalue weighted by atomic mass is 9.89. The van der Waals surface area contributed by atoms with Crippen LogP contribution in [0.15, 0.2) is 48.9 Å². The number of piperidine rings is 1. The summed E-state index contributed by atoms with van der Waals surface area (Å²) in [6, 6.07) is 9.27. The molecule has 3 heterocycles. The van der Waals surface area contributed by atoms with Crippen LogP contribution in [0.5, 0.6) is 0 Å². The Morgan fingerprint density at radius 1 is 1.17 bits per heavy atom. The number of primary amides is 1. The second-order valence-corrected chi connectivity index (χ2v) is 7.76. The average Bonchev–Trinajstić information content (AvgIpc) is 3.21. The van der Waals surface area contributed by atoms with Crippen molar-refractivity contribution in [1.29, 1.82) is 0 Å². The number of hydrogen-bond donors (Lipinski definition) is 3. The number of carbonyl (C=O) groups excluding carboxylic acids is 3. The fraction of sp³-hybridized carbons (Fsp3) is 0.273. The minimum atomic E-state index is -0.764. The smallest absolute Gasteiger partial charge is 0.313 e. The molecular weight excluding hydrogens is 382 g/mol. The molecule has 0 bridgehead atoms. The largest absolute Gasteiger partial charge is 0.366 e. The molecule has 2 aromatic heterocycles. The Kier molecular flexibility index (Phi) is 5.22. The van der Waals surface area contributed by atoms with Gasteiger partial charge in [-0.2, -0.15) is 0 Å². The van der Waals surface area contributed by atoms with Crippen molar-refractivity contribution in [3.8, 4) is 0 Å². The standard InChI is InChI=1S/C22H23N5O3/c1-13-2-5-19(15-3-4-18-14(8-15)6-7-25-18)27(12-13)22(30)21(29)26-17-9-16(20(23)28)10-24-11-17/h3-4,6-11,13,19,25H,2,5,12H2,1H3,(H2,23,28)(H,26,29). The zero-order valence-electron chi connectivity index (χ0n) is 16.6. The predicted octanol–water partition coefficient (Wildman–Crippen LogP) is 2.60. The third kappa shape index (κ3) is 3.89. The van der Waals surface area contributed by atoms with E-state index in [4.69, 9.17) is 5.73 Å². The van der Waals surface area contributed by atoms with Crippen molar-refractivity contribution in [3.63, 3.8) is 0 Å². The van der Waals surface area contributed by atoms with Gasteiger partial charge in [-0.05, 0) is 54.0 Å². The number of hydrogen-bond acceptors (Lipinski definition) is 4. The highest BCUT2D eigenvalue weighted by molar-refractivity contribution is 6.39. The molecule has 4 N–H and O–H groups in total. The molecular formula is C22H23N5O3. The summed E-state index contributed by atoms with van der Waals surface area (Å²) in [4.78, 5) is 45.8. The molecule has 1 aliphatic rings. The number of H-pyrrole nitrogens is 1. The summed E-state index contributed by atoms with van der Waals surface area (Å²) in [5, 5.41) is 3.61. The number of rotatable bonds is 3. The molecule has 8 heteroatoms. The number of benzene rings is 1. The normalized spacial score (nSPS) is 18.9. The highest BCUT2D eigenvalue weighted by atomic mass is 16.2. The molecule has 2 unspecified atom stereocenters. The molecule has 1 saturated heterocycles. The molecule has 154 valence electrons. The molecule has 30 heavy (non-hydrogen) atoms. The van der Waals surface area contributed by atoms with Crippen LogP contribution in [-0.4, -0.2) is 39.1 Å². The first kappa shape index (κ1) is 19.6. The quantitative estimate of drug-likeness (QED) is 0.580. The molecule has 0 spiro atoms. The first-order valence-corrected chi connectivity index (χ1v) is 9.86. The minimum absolute atomic E-state index is 0.157. The maximum absolute atomic E-state index is 13.1. The highest BCUT2D eigenvalue weighted by Gasteiger charge is 2.34. The van der Waals surface area contributed by atoms with Crippen LogP contribution in [0, 0.1) is 5.92 Å². The predicted molar refractivity (Wildman–Crippen MR) is 113 cm³/mol. The van der Waals surface area contributed by atoms with Gasteiger partial charge in [-0.3, -0.25) is 19.4 Å². The van der Waals surface area contributed by atoms with Crippen LogP contribution in [0.1, 0.15) is 41.7 Å². The summed E-state index contributed by atoms with van der Waals surface area (Å²) in [5.74, 6) is -1.73.